The molecule has 1 spiro atoms. The van der Waals surface area contributed by atoms with Gasteiger partial charge in [-0.2, -0.15) is 23.3 Å². The van der Waals surface area contributed by atoms with Gasteiger partial charge >= 0.3 is 11.9 Å². The van der Waals surface area contributed by atoms with Crippen molar-refractivity contribution in [2.24, 2.45) is 12.5 Å². The van der Waals surface area contributed by atoms with Gasteiger partial charge in [-0.25, -0.2) is 4.79 Å². The number of piperazine rings is 1. The van der Waals surface area contributed by atoms with Crippen molar-refractivity contribution in [1.82, 2.24) is 24.2 Å². The van der Waals surface area contributed by atoms with Crippen molar-refractivity contribution in [1.29, 1.82) is 0 Å². The number of anilines is 1. The van der Waals surface area contributed by atoms with Crippen molar-refractivity contribution in [3.05, 3.63) is 63.9 Å². The number of alkyl halides is 3. The second kappa shape index (κ2) is 10.5. The number of ether oxygens (including phenoxy) is 1. The van der Waals surface area contributed by atoms with Crippen LogP contribution in [0.25, 0.3) is 17.0 Å². The Balaban J connectivity index is 1.53. The molecule has 13 heteroatoms. The van der Waals surface area contributed by atoms with E-state index < -0.39 is 28.8 Å². The minimum absolute atomic E-state index is 0.0199. The van der Waals surface area contributed by atoms with Gasteiger partial charge in [-0.05, 0) is 38.1 Å². The van der Waals surface area contributed by atoms with Crippen LogP contribution in [0.3, 0.4) is 0 Å². The van der Waals surface area contributed by atoms with E-state index in [2.05, 4.69) is 28.5 Å². The molecule has 3 atom stereocenters. The highest BCUT2D eigenvalue weighted by atomic mass is 32.2. The van der Waals surface area contributed by atoms with Crippen LogP contribution in [0.2, 0.25) is 0 Å². The number of allylic oxidation sites excluding steroid dienone is 1. The third kappa shape index (κ3) is 4.68. The topological polar surface area (TPSA) is 85.5 Å². The Bertz CT molecular complexity index is 1910. The summed E-state index contributed by atoms with van der Waals surface area (Å²) in [6, 6.07) is 0.537. The van der Waals surface area contributed by atoms with Crippen molar-refractivity contribution in [3.63, 3.8) is 0 Å². The minimum Gasteiger partial charge on any atom is -0.380 e. The van der Waals surface area contributed by atoms with Gasteiger partial charge in [0, 0.05) is 71.3 Å². The zero-order valence-electron chi connectivity index (χ0n) is 25.0. The molecule has 1 aromatic carbocycles. The molecule has 3 aromatic rings. The van der Waals surface area contributed by atoms with Crippen LogP contribution in [0.5, 0.6) is 0 Å². The highest BCUT2D eigenvalue weighted by Gasteiger charge is 2.46. The molecule has 2 fully saturated rings. The molecule has 45 heavy (non-hydrogen) atoms. The fourth-order valence-corrected chi connectivity index (χ4v) is 8.39. The van der Waals surface area contributed by atoms with Crippen LogP contribution in [0.15, 0.2) is 40.7 Å². The lowest BCUT2D eigenvalue weighted by Gasteiger charge is -2.44. The van der Waals surface area contributed by atoms with E-state index in [9.17, 15) is 9.59 Å². The molecule has 1 unspecified atom stereocenters. The third-order valence-corrected chi connectivity index (χ3v) is 10.7. The molecule has 0 bridgehead atoms. The number of nitrogens with zero attached hydrogens (tertiary/aromatic N) is 6. The Labute approximate surface area is 261 Å². The first-order valence-corrected chi connectivity index (χ1v) is 15.7. The number of hydrogen-bond donors (Lipinski definition) is 0. The van der Waals surface area contributed by atoms with E-state index in [4.69, 9.17) is 4.74 Å². The van der Waals surface area contributed by atoms with Gasteiger partial charge in [0.2, 0.25) is 5.91 Å². The zero-order valence-corrected chi connectivity index (χ0v) is 25.8. The maximum atomic E-state index is 15.3. The SMILES string of the molecule is C=CC(=O)N1C[C@H](C)N(c2nc(=O)n3c4c(c(C5C#CC=Cc6cnn(C)c65)c(C(F)(F)F)cc24)SCC2(COC2)C3)C[C@H]1C. The summed E-state index contributed by atoms with van der Waals surface area (Å²) in [7, 11) is 1.70. The summed E-state index contributed by atoms with van der Waals surface area (Å²) in [5.74, 6) is 5.48. The number of thioether (sulfide) groups is 1. The minimum atomic E-state index is -4.74. The second-order valence-corrected chi connectivity index (χ2v) is 13.3. The van der Waals surface area contributed by atoms with Crippen LogP contribution in [0, 0.1) is 17.3 Å². The average Bonchev–Trinajstić information content (AvgIpc) is 3.13. The second-order valence-electron chi connectivity index (χ2n) is 12.4. The summed E-state index contributed by atoms with van der Waals surface area (Å²) in [6.07, 6.45) is 1.51. The van der Waals surface area contributed by atoms with E-state index in [-0.39, 0.29) is 47.8 Å². The van der Waals surface area contributed by atoms with E-state index >= 15 is 13.2 Å². The number of amides is 1. The van der Waals surface area contributed by atoms with Gasteiger partial charge in [0.25, 0.3) is 0 Å². The van der Waals surface area contributed by atoms with E-state index in [0.717, 1.165) is 6.07 Å². The predicted octanol–water partition coefficient (Wildman–Crippen LogP) is 4.04. The molecule has 3 aliphatic heterocycles. The zero-order chi connectivity index (χ0) is 31.8. The van der Waals surface area contributed by atoms with E-state index in [0.29, 0.717) is 47.2 Å². The molecule has 1 aliphatic carbocycles. The summed E-state index contributed by atoms with van der Waals surface area (Å²) in [6.45, 7) is 9.01. The fourth-order valence-electron chi connectivity index (χ4n) is 6.94. The number of aromatic nitrogens is 4. The molecule has 234 valence electrons. The maximum Gasteiger partial charge on any atom is 0.416 e. The van der Waals surface area contributed by atoms with Crippen molar-refractivity contribution in [2.75, 3.05) is 37.0 Å². The molecule has 1 amide bonds. The van der Waals surface area contributed by atoms with Crippen LogP contribution in [0.4, 0.5) is 19.0 Å². The molecule has 4 aliphatic rings. The van der Waals surface area contributed by atoms with Gasteiger partial charge in [-0.15, -0.1) is 11.8 Å². The molecule has 9 nitrogen and oxygen atoms in total. The molecular weight excluding hydrogens is 605 g/mol. The van der Waals surface area contributed by atoms with Gasteiger partial charge in [-0.1, -0.05) is 18.4 Å². The number of aryl methyl sites for hydroxylation is 1. The number of benzene rings is 1. The number of rotatable bonds is 3. The largest absolute Gasteiger partial charge is 0.416 e. The number of carbonyl (C=O) groups is 1. The first kappa shape index (κ1) is 29.7. The van der Waals surface area contributed by atoms with Gasteiger partial charge in [0.1, 0.15) is 5.82 Å². The molecule has 2 saturated heterocycles. The number of halogens is 3. The van der Waals surface area contributed by atoms with Gasteiger partial charge < -0.3 is 14.5 Å². The monoisotopic (exact) mass is 636 g/mol. The lowest BCUT2D eigenvalue weighted by Crippen LogP contribution is -2.58. The Kier molecular flexibility index (Phi) is 6.94. The number of fused-ring (bicyclic) bond motifs is 1. The third-order valence-electron chi connectivity index (χ3n) is 9.24. The van der Waals surface area contributed by atoms with Crippen LogP contribution in [-0.4, -0.2) is 74.3 Å². The summed E-state index contributed by atoms with van der Waals surface area (Å²) in [5.41, 5.74) is -0.0893. The number of hydrogen-bond acceptors (Lipinski definition) is 7. The fraction of sp³-hybridized carbons (Fsp3) is 0.438. The van der Waals surface area contributed by atoms with Gasteiger partial charge in [0.05, 0.1) is 42.1 Å². The quantitative estimate of drug-likeness (QED) is 0.317. The molecular formula is C32H31F3N6O3S. The maximum absolute atomic E-state index is 15.3. The summed E-state index contributed by atoms with van der Waals surface area (Å²) >= 11 is 1.33. The Morgan fingerprint density at radius 1 is 1.24 bits per heavy atom. The normalized spacial score (nSPS) is 23.6. The van der Waals surface area contributed by atoms with Crippen molar-refractivity contribution < 1.29 is 22.7 Å². The lowest BCUT2D eigenvalue weighted by molar-refractivity contribution is -0.138. The smallest absolute Gasteiger partial charge is 0.380 e. The molecule has 7 rings (SSSR count). The highest BCUT2D eigenvalue weighted by molar-refractivity contribution is 7.99. The van der Waals surface area contributed by atoms with Crippen molar-refractivity contribution in [2.45, 2.75) is 49.5 Å². The van der Waals surface area contributed by atoms with Crippen LogP contribution >= 0.6 is 11.8 Å². The van der Waals surface area contributed by atoms with Gasteiger partial charge in [-0.3, -0.25) is 14.0 Å². The van der Waals surface area contributed by atoms with Crippen LogP contribution in [0.1, 0.15) is 42.1 Å². The first-order chi connectivity index (χ1) is 21.4. The summed E-state index contributed by atoms with van der Waals surface area (Å²) < 4.78 is 54.6. The van der Waals surface area contributed by atoms with Crippen LogP contribution < -0.4 is 10.6 Å². The van der Waals surface area contributed by atoms with E-state index in [1.165, 1.54) is 17.8 Å². The summed E-state index contributed by atoms with van der Waals surface area (Å²) in [5, 5.41) is 4.59. The van der Waals surface area contributed by atoms with Crippen LogP contribution in [-0.2, 0) is 29.3 Å². The van der Waals surface area contributed by atoms with Crippen molar-refractivity contribution in [3.8, 4) is 11.8 Å². The first-order valence-electron chi connectivity index (χ1n) is 14.7. The van der Waals surface area contributed by atoms with E-state index in [1.54, 1.807) is 39.5 Å². The predicted molar refractivity (Wildman–Crippen MR) is 165 cm³/mol. The lowest BCUT2D eigenvalue weighted by atomic mass is 9.87. The molecule has 0 radical (unpaired) electrons. The summed E-state index contributed by atoms with van der Waals surface area (Å²) in [4.78, 5) is 34.9. The molecule has 5 heterocycles. The van der Waals surface area contributed by atoms with E-state index in [1.807, 2.05) is 18.7 Å². The Hall–Kier alpha value is -4.02. The molecule has 2 aromatic heterocycles. The molecule has 0 N–H and O–H groups in total. The molecule has 0 saturated carbocycles. The number of carbonyl (C=O) groups excluding carboxylic acids is 1. The Morgan fingerprint density at radius 3 is 2.71 bits per heavy atom. The highest BCUT2D eigenvalue weighted by Crippen LogP contribution is 2.51. The average molecular weight is 637 g/mol. The standard InChI is InChI=1S/C32H31F3N6O3S/c1-5-24(42)39-12-19(3)40(13-18(39)2)29-22-10-23(32(33,34)35)25(21-9-7-6-8-20-11-36-38(4)26(20)21)28-27(22)41(30(43)37-29)14-31(17-45-28)15-44-16-31/h5-6,8,10-11,18-19,21H,1,12-17H2,2-4H3/t18-,19+,21?/m1/s1. The van der Waals surface area contributed by atoms with Crippen molar-refractivity contribution >= 4 is 40.5 Å². The van der Waals surface area contributed by atoms with Gasteiger partial charge in [0.15, 0.2) is 0 Å². The Morgan fingerprint density at radius 2 is 2.02 bits per heavy atom.